The predicted octanol–water partition coefficient (Wildman–Crippen LogP) is 1.77. The molecule has 0 saturated carbocycles. The van der Waals surface area contributed by atoms with Gasteiger partial charge in [0.1, 0.15) is 0 Å². The van der Waals surface area contributed by atoms with Crippen molar-refractivity contribution >= 4 is 29.3 Å². The van der Waals surface area contributed by atoms with E-state index in [2.05, 4.69) is 0 Å². The molecule has 0 spiro atoms. The second kappa shape index (κ2) is 2.52. The van der Waals surface area contributed by atoms with E-state index in [-0.39, 0.29) is 0 Å². The molecule has 1 aliphatic rings. The fourth-order valence-electron chi connectivity index (χ4n) is 0.424. The zero-order chi connectivity index (χ0) is 5.11. The Morgan fingerprint density at radius 3 is 2.86 bits per heavy atom. The normalized spacial score (nSPS) is 21.4. The maximum atomic E-state index is 4.93. The van der Waals surface area contributed by atoms with Gasteiger partial charge in [-0.15, -0.1) is 0 Å². The number of hydrogen-bond donors (Lipinski definition) is 0. The van der Waals surface area contributed by atoms with Gasteiger partial charge in [0, 0.05) is 12.2 Å². The number of thiocarbonyl (C=S) groups is 1. The van der Waals surface area contributed by atoms with E-state index in [1.165, 1.54) is 18.5 Å². The summed E-state index contributed by atoms with van der Waals surface area (Å²) in [5, 5.41) is 0.760. The van der Waals surface area contributed by atoms with Gasteiger partial charge in [-0.1, -0.05) is 0 Å². The molecule has 40 valence electrons. The molecule has 0 radical (unpaired) electrons. The van der Waals surface area contributed by atoms with E-state index in [9.17, 15) is 0 Å². The van der Waals surface area contributed by atoms with Crippen molar-refractivity contribution in [3.05, 3.63) is 0 Å². The van der Waals surface area contributed by atoms with Crippen LogP contribution in [-0.4, -0.2) is 10.8 Å². The zero-order valence-electron chi connectivity index (χ0n) is 3.85. The van der Waals surface area contributed by atoms with Crippen molar-refractivity contribution < 1.29 is 4.18 Å². The summed E-state index contributed by atoms with van der Waals surface area (Å²) >= 11 is 6.22. The molecule has 7 heavy (non-hydrogen) atoms. The topological polar surface area (TPSA) is 9.23 Å². The van der Waals surface area contributed by atoms with Crippen LogP contribution in [0, 0.1) is 0 Å². The SMILES string of the molecule is S=C1CCCSO1. The summed E-state index contributed by atoms with van der Waals surface area (Å²) in [6, 6.07) is 0. The van der Waals surface area contributed by atoms with E-state index in [1.807, 2.05) is 0 Å². The van der Waals surface area contributed by atoms with Crippen LogP contribution in [0.25, 0.3) is 0 Å². The Bertz CT molecular complexity index is 73.8. The van der Waals surface area contributed by atoms with Crippen LogP contribution < -0.4 is 0 Å². The van der Waals surface area contributed by atoms with Crippen LogP contribution in [0.15, 0.2) is 0 Å². The summed E-state index contributed by atoms with van der Waals surface area (Å²) in [5.74, 6) is 1.10. The summed E-state index contributed by atoms with van der Waals surface area (Å²) in [4.78, 5) is 0. The first-order chi connectivity index (χ1) is 3.39. The minimum atomic E-state index is 0.760. The summed E-state index contributed by atoms with van der Waals surface area (Å²) in [6.07, 6.45) is 2.16. The van der Waals surface area contributed by atoms with E-state index in [0.717, 1.165) is 17.2 Å². The van der Waals surface area contributed by atoms with Gasteiger partial charge < -0.3 is 4.18 Å². The molecule has 0 aromatic carbocycles. The van der Waals surface area contributed by atoms with Gasteiger partial charge in [-0.3, -0.25) is 0 Å². The lowest BCUT2D eigenvalue weighted by atomic mass is 10.4. The Morgan fingerprint density at radius 1 is 1.71 bits per heavy atom. The molecule has 0 unspecified atom stereocenters. The first kappa shape index (κ1) is 5.38. The molecule has 0 amide bonds. The minimum absolute atomic E-state index is 0.760. The van der Waals surface area contributed by atoms with Crippen molar-refractivity contribution in [2.45, 2.75) is 12.8 Å². The van der Waals surface area contributed by atoms with Gasteiger partial charge in [-0.05, 0) is 18.6 Å². The lowest BCUT2D eigenvalue weighted by molar-refractivity contribution is 0.612. The van der Waals surface area contributed by atoms with Gasteiger partial charge in [0.05, 0.1) is 12.0 Å². The van der Waals surface area contributed by atoms with Gasteiger partial charge in [-0.2, -0.15) is 0 Å². The minimum Gasteiger partial charge on any atom is -0.419 e. The standard InChI is InChI=1S/C4H6OS2/c6-4-2-1-3-7-5-4/h1-3H2. The average molecular weight is 134 g/mol. The van der Waals surface area contributed by atoms with Crippen molar-refractivity contribution in [1.29, 1.82) is 0 Å². The third kappa shape index (κ3) is 1.65. The van der Waals surface area contributed by atoms with Crippen LogP contribution in [-0.2, 0) is 4.18 Å². The van der Waals surface area contributed by atoms with Crippen molar-refractivity contribution in [2.75, 3.05) is 5.75 Å². The summed E-state index contributed by atoms with van der Waals surface area (Å²) in [7, 11) is 0. The lowest BCUT2D eigenvalue weighted by Crippen LogP contribution is -2.02. The van der Waals surface area contributed by atoms with Crippen molar-refractivity contribution in [3.63, 3.8) is 0 Å². The molecule has 0 aromatic heterocycles. The largest absolute Gasteiger partial charge is 0.419 e. The Labute approximate surface area is 52.6 Å². The van der Waals surface area contributed by atoms with Gasteiger partial charge in [0.25, 0.3) is 0 Å². The van der Waals surface area contributed by atoms with Crippen LogP contribution in [0.1, 0.15) is 12.8 Å². The van der Waals surface area contributed by atoms with Gasteiger partial charge in [0.2, 0.25) is 0 Å². The highest BCUT2D eigenvalue weighted by atomic mass is 32.2. The molecule has 1 nitrogen and oxygen atoms in total. The highest BCUT2D eigenvalue weighted by Crippen LogP contribution is 2.15. The third-order valence-corrected chi connectivity index (χ3v) is 1.93. The maximum Gasteiger partial charge on any atom is 0.177 e. The van der Waals surface area contributed by atoms with Crippen molar-refractivity contribution in [3.8, 4) is 0 Å². The molecule has 3 heteroatoms. The smallest absolute Gasteiger partial charge is 0.177 e. The molecule has 0 N–H and O–H groups in total. The fourth-order valence-corrected chi connectivity index (χ4v) is 1.27. The summed E-state index contributed by atoms with van der Waals surface area (Å²) in [6.45, 7) is 0. The highest BCUT2D eigenvalue weighted by molar-refractivity contribution is 7.96. The van der Waals surface area contributed by atoms with E-state index >= 15 is 0 Å². The third-order valence-electron chi connectivity index (χ3n) is 0.760. The molecule has 0 bridgehead atoms. The predicted molar refractivity (Wildman–Crippen MR) is 35.4 cm³/mol. The number of hydrogen-bond acceptors (Lipinski definition) is 3. The second-order valence-corrected chi connectivity index (χ2v) is 2.65. The Morgan fingerprint density at radius 2 is 2.57 bits per heavy atom. The highest BCUT2D eigenvalue weighted by Gasteiger charge is 2.04. The van der Waals surface area contributed by atoms with E-state index in [4.69, 9.17) is 16.4 Å². The van der Waals surface area contributed by atoms with E-state index in [1.54, 1.807) is 0 Å². The van der Waals surface area contributed by atoms with E-state index < -0.39 is 0 Å². The van der Waals surface area contributed by atoms with Crippen molar-refractivity contribution in [1.82, 2.24) is 0 Å². The molecule has 1 fully saturated rings. The second-order valence-electron chi connectivity index (χ2n) is 1.38. The van der Waals surface area contributed by atoms with Crippen LogP contribution in [0.2, 0.25) is 0 Å². The molecule has 1 aliphatic heterocycles. The first-order valence-electron chi connectivity index (χ1n) is 2.22. The molecule has 0 aliphatic carbocycles. The van der Waals surface area contributed by atoms with Gasteiger partial charge >= 0.3 is 0 Å². The molecular weight excluding hydrogens is 128 g/mol. The number of rotatable bonds is 0. The molecular formula is C4H6OS2. The quantitative estimate of drug-likeness (QED) is 0.369. The first-order valence-corrected chi connectivity index (χ1v) is 3.54. The molecule has 1 saturated heterocycles. The van der Waals surface area contributed by atoms with Crippen LogP contribution in [0.4, 0.5) is 0 Å². The van der Waals surface area contributed by atoms with E-state index in [0.29, 0.717) is 0 Å². The summed E-state index contributed by atoms with van der Waals surface area (Å²) in [5.41, 5.74) is 0. The molecule has 0 aromatic rings. The fraction of sp³-hybridized carbons (Fsp3) is 0.750. The monoisotopic (exact) mass is 134 g/mol. The summed E-state index contributed by atoms with van der Waals surface area (Å²) < 4.78 is 4.93. The molecule has 1 rings (SSSR count). The lowest BCUT2D eigenvalue weighted by Gasteiger charge is -2.09. The Kier molecular flexibility index (Phi) is 1.94. The maximum absolute atomic E-state index is 4.93. The van der Waals surface area contributed by atoms with Crippen LogP contribution in [0.5, 0.6) is 0 Å². The van der Waals surface area contributed by atoms with Gasteiger partial charge in [0.15, 0.2) is 5.05 Å². The Balaban J connectivity index is 2.25. The van der Waals surface area contributed by atoms with Crippen LogP contribution in [0.3, 0.4) is 0 Å². The average Bonchev–Trinajstić information content (AvgIpc) is 1.69. The Hall–Kier alpha value is 0.240. The van der Waals surface area contributed by atoms with Crippen LogP contribution >= 0.6 is 24.3 Å². The van der Waals surface area contributed by atoms with Crippen molar-refractivity contribution in [2.24, 2.45) is 0 Å². The molecule has 1 heterocycles. The molecule has 0 atom stereocenters. The van der Waals surface area contributed by atoms with Gasteiger partial charge in [-0.25, -0.2) is 0 Å². The zero-order valence-corrected chi connectivity index (χ0v) is 5.48.